The van der Waals surface area contributed by atoms with Gasteiger partial charge in [-0.15, -0.1) is 0 Å². The van der Waals surface area contributed by atoms with E-state index >= 15 is 0 Å². The third-order valence-corrected chi connectivity index (χ3v) is 4.57. The predicted molar refractivity (Wildman–Crippen MR) is 119 cm³/mol. The first kappa shape index (κ1) is 22.3. The maximum absolute atomic E-state index is 9.75. The molecule has 0 spiro atoms. The summed E-state index contributed by atoms with van der Waals surface area (Å²) in [7, 11) is -6.00. The van der Waals surface area contributed by atoms with Crippen molar-refractivity contribution >= 4 is 7.25 Å². The zero-order valence-corrected chi connectivity index (χ0v) is 17.2. The molecule has 1 aromatic heterocycles. The highest BCUT2D eigenvalue weighted by Crippen LogP contribution is 2.33. The molecule has 0 amide bonds. The number of aryl methyl sites for hydroxylation is 2. The predicted octanol–water partition coefficient (Wildman–Crippen LogP) is 8.48. The van der Waals surface area contributed by atoms with Crippen molar-refractivity contribution in [2.45, 2.75) is 13.8 Å². The van der Waals surface area contributed by atoms with Crippen LogP contribution in [0.5, 0.6) is 0 Å². The molecule has 0 unspecified atom stereocenters. The molecule has 4 rings (SSSR count). The summed E-state index contributed by atoms with van der Waals surface area (Å²) in [6, 6.07) is 31.6. The summed E-state index contributed by atoms with van der Waals surface area (Å²) in [5, 5.41) is 0. The summed E-state index contributed by atoms with van der Waals surface area (Å²) in [4.78, 5) is 0. The van der Waals surface area contributed by atoms with Crippen LogP contribution in [0.3, 0.4) is 0 Å². The molecule has 1 nitrogen and oxygen atoms in total. The van der Waals surface area contributed by atoms with Gasteiger partial charge in [-0.1, -0.05) is 65.7 Å². The number of benzene rings is 3. The molecule has 0 saturated carbocycles. The summed E-state index contributed by atoms with van der Waals surface area (Å²) in [6.07, 6.45) is 0. The molecular weight excluding hydrogens is 403 g/mol. The van der Waals surface area contributed by atoms with Crippen LogP contribution in [0.1, 0.15) is 11.1 Å². The monoisotopic (exact) mass is 424 g/mol. The lowest BCUT2D eigenvalue weighted by molar-refractivity contribution is 0.368. The Morgan fingerprint density at radius 3 is 1.29 bits per heavy atom. The van der Waals surface area contributed by atoms with Gasteiger partial charge in [-0.2, -0.15) is 0 Å². The van der Waals surface area contributed by atoms with Gasteiger partial charge in [0.2, 0.25) is 0 Å². The van der Waals surface area contributed by atoms with Gasteiger partial charge in [-0.05, 0) is 43.7 Å². The molecule has 0 bridgehead atoms. The van der Waals surface area contributed by atoms with Gasteiger partial charge in [-0.3, -0.25) is 0 Å². The lowest BCUT2D eigenvalue weighted by Gasteiger charge is -2.02. The summed E-state index contributed by atoms with van der Waals surface area (Å²) in [5.41, 5.74) is 7.00. The number of hydrogen-bond acceptors (Lipinski definition) is 0. The van der Waals surface area contributed by atoms with Crippen molar-refractivity contribution < 1.29 is 21.7 Å². The maximum Gasteiger partial charge on any atom is 0.673 e. The molecule has 31 heavy (non-hydrogen) atoms. The largest absolute Gasteiger partial charge is 0.673 e. The molecule has 1 heterocycles. The van der Waals surface area contributed by atoms with E-state index in [0.717, 1.165) is 28.2 Å². The first-order chi connectivity index (χ1) is 14.7. The van der Waals surface area contributed by atoms with Crippen molar-refractivity contribution in [1.29, 1.82) is 0 Å². The molecule has 6 heteroatoms. The standard InChI is InChI=1S/C25H21O.BF4/c1-18-8-12-21(13-9-18)24-16-23(20-6-4-3-5-7-20)17-25(26-24)22-14-10-19(2)11-15-22;2-1(3,4)5/h3-17H,1-2H3;/q+1;-1. The molecule has 0 aliphatic carbocycles. The van der Waals surface area contributed by atoms with Gasteiger partial charge in [0.15, 0.2) is 0 Å². The maximum atomic E-state index is 9.75. The van der Waals surface area contributed by atoms with Crippen LogP contribution in [0.15, 0.2) is 95.4 Å². The average molecular weight is 424 g/mol. The van der Waals surface area contributed by atoms with E-state index in [1.165, 1.54) is 16.7 Å². The number of rotatable bonds is 3. The van der Waals surface area contributed by atoms with Crippen LogP contribution < -0.4 is 0 Å². The van der Waals surface area contributed by atoms with E-state index in [1.807, 2.05) is 6.07 Å². The van der Waals surface area contributed by atoms with Crippen molar-refractivity contribution in [2.24, 2.45) is 0 Å². The minimum Gasteiger partial charge on any atom is -0.418 e. The Morgan fingerprint density at radius 1 is 0.516 bits per heavy atom. The molecule has 0 aliphatic rings. The molecular formula is C25H21BF4O. The van der Waals surface area contributed by atoms with Gasteiger partial charge in [0.25, 0.3) is 0 Å². The van der Waals surface area contributed by atoms with Crippen LogP contribution in [0.2, 0.25) is 0 Å². The highest BCUT2D eigenvalue weighted by molar-refractivity contribution is 6.50. The minimum atomic E-state index is -6.00. The summed E-state index contributed by atoms with van der Waals surface area (Å²) in [6.45, 7) is 4.19. The highest BCUT2D eigenvalue weighted by atomic mass is 19.5. The van der Waals surface area contributed by atoms with Gasteiger partial charge in [0.1, 0.15) is 0 Å². The van der Waals surface area contributed by atoms with Crippen LogP contribution in [-0.2, 0) is 0 Å². The van der Waals surface area contributed by atoms with Crippen molar-refractivity contribution in [3.8, 4) is 33.8 Å². The fraction of sp³-hybridized carbons (Fsp3) is 0.0800. The highest BCUT2D eigenvalue weighted by Gasteiger charge is 2.21. The Labute approximate surface area is 179 Å². The van der Waals surface area contributed by atoms with Gasteiger partial charge < -0.3 is 17.3 Å². The van der Waals surface area contributed by atoms with E-state index < -0.39 is 7.25 Å². The minimum absolute atomic E-state index is 0.877. The quantitative estimate of drug-likeness (QED) is 0.182. The van der Waals surface area contributed by atoms with Crippen LogP contribution in [-0.4, -0.2) is 7.25 Å². The summed E-state index contributed by atoms with van der Waals surface area (Å²) in [5.74, 6) is 1.75. The Morgan fingerprint density at radius 2 is 0.903 bits per heavy atom. The van der Waals surface area contributed by atoms with E-state index in [4.69, 9.17) is 4.42 Å². The SMILES string of the molecule is Cc1ccc(-c2cc(-c3ccccc3)cc(-c3ccc(C)cc3)[o+]2)cc1.F[B-](F)(F)F. The third kappa shape index (κ3) is 6.81. The van der Waals surface area contributed by atoms with E-state index in [9.17, 15) is 17.3 Å². The van der Waals surface area contributed by atoms with Crippen LogP contribution in [0, 0.1) is 13.8 Å². The molecule has 0 radical (unpaired) electrons. The zero-order valence-electron chi connectivity index (χ0n) is 17.2. The Balaban J connectivity index is 0.000000491. The molecule has 0 fully saturated rings. The van der Waals surface area contributed by atoms with E-state index in [1.54, 1.807) is 0 Å². The van der Waals surface area contributed by atoms with Gasteiger partial charge in [0.05, 0.1) is 23.3 Å². The summed E-state index contributed by atoms with van der Waals surface area (Å²) >= 11 is 0. The molecule has 4 aromatic rings. The van der Waals surface area contributed by atoms with Crippen molar-refractivity contribution in [2.75, 3.05) is 0 Å². The third-order valence-electron chi connectivity index (χ3n) is 4.57. The van der Waals surface area contributed by atoms with Crippen molar-refractivity contribution in [3.05, 3.63) is 102 Å². The smallest absolute Gasteiger partial charge is 0.418 e. The van der Waals surface area contributed by atoms with E-state index in [2.05, 4.69) is 98.8 Å². The second-order valence-electron chi connectivity index (χ2n) is 7.17. The number of halogens is 4. The Hall–Kier alpha value is -3.41. The Bertz CT molecular complexity index is 1050. The van der Waals surface area contributed by atoms with Crippen molar-refractivity contribution in [3.63, 3.8) is 0 Å². The topological polar surface area (TPSA) is 11.3 Å². The fourth-order valence-corrected chi connectivity index (χ4v) is 3.02. The van der Waals surface area contributed by atoms with Crippen LogP contribution >= 0.6 is 0 Å². The normalized spacial score (nSPS) is 10.9. The Kier molecular flexibility index (Phi) is 6.90. The molecule has 0 N–H and O–H groups in total. The fourth-order valence-electron chi connectivity index (χ4n) is 3.02. The van der Waals surface area contributed by atoms with Crippen molar-refractivity contribution in [1.82, 2.24) is 0 Å². The molecule has 0 atom stereocenters. The second kappa shape index (κ2) is 9.60. The van der Waals surface area contributed by atoms with Gasteiger partial charge in [0, 0.05) is 5.56 Å². The van der Waals surface area contributed by atoms with Gasteiger partial charge >= 0.3 is 18.8 Å². The first-order valence-electron chi connectivity index (χ1n) is 9.74. The molecule has 0 saturated heterocycles. The van der Waals surface area contributed by atoms with Crippen LogP contribution in [0.25, 0.3) is 33.8 Å². The lowest BCUT2D eigenvalue weighted by atomic mass is 10.0. The van der Waals surface area contributed by atoms with E-state index in [0.29, 0.717) is 0 Å². The average Bonchev–Trinajstić information content (AvgIpc) is 2.74. The van der Waals surface area contributed by atoms with Gasteiger partial charge in [-0.25, -0.2) is 4.42 Å². The lowest BCUT2D eigenvalue weighted by Crippen LogP contribution is -2.02. The zero-order chi connectivity index (χ0) is 22.4. The molecule has 0 aliphatic heterocycles. The van der Waals surface area contributed by atoms with Crippen LogP contribution in [0.4, 0.5) is 17.3 Å². The number of hydrogen-bond donors (Lipinski definition) is 0. The molecule has 3 aromatic carbocycles. The first-order valence-corrected chi connectivity index (χ1v) is 9.74. The second-order valence-corrected chi connectivity index (χ2v) is 7.17. The van der Waals surface area contributed by atoms with E-state index in [-0.39, 0.29) is 0 Å². The molecule has 158 valence electrons. The summed E-state index contributed by atoms with van der Waals surface area (Å²) < 4.78 is 45.3.